The largest absolute Gasteiger partial charge is 0.479 e. The summed E-state index contributed by atoms with van der Waals surface area (Å²) in [5.41, 5.74) is 0. The van der Waals surface area contributed by atoms with Crippen LogP contribution >= 0.6 is 0 Å². The van der Waals surface area contributed by atoms with Crippen LogP contribution in [0.3, 0.4) is 0 Å². The number of aliphatic hydroxyl groups excluding tert-OH is 2. The third-order valence-electron chi connectivity index (χ3n) is 15.8. The molecule has 85 heavy (non-hydrogen) atoms. The van der Waals surface area contributed by atoms with Crippen molar-refractivity contribution in [2.24, 2.45) is 0 Å². The quantitative estimate of drug-likeness (QED) is 0.0228. The number of aliphatic carboxylic acids is 1. The van der Waals surface area contributed by atoms with E-state index in [2.05, 4.69) is 93.7 Å². The van der Waals surface area contributed by atoms with E-state index in [1.165, 1.54) is 128 Å². The van der Waals surface area contributed by atoms with Gasteiger partial charge >= 0.3 is 23.9 Å². The number of ether oxygens (including phenoxy) is 5. The Hall–Kier alpha value is -3.84. The third-order valence-corrected chi connectivity index (χ3v) is 15.8. The summed E-state index contributed by atoms with van der Waals surface area (Å²) in [6, 6.07) is 0. The SMILES string of the molecule is CCCCC/C=C\C/C=C\C/C=C\CCCCCCCCC(=O)OCC(COC1OC(C(=O)O)C(O)C(O)C1OC(=O)CCCCCCCCCCCCCCCCCCC)OC(=O)CCCCCCCC/C=C\C/C=C\C/C=C\CCCCC. The molecule has 0 amide bonds. The van der Waals surface area contributed by atoms with Gasteiger partial charge in [0.25, 0.3) is 0 Å². The van der Waals surface area contributed by atoms with Crippen LogP contribution in [0, 0.1) is 0 Å². The molecule has 0 aromatic carbocycles. The second-order valence-corrected chi connectivity index (χ2v) is 23.8. The highest BCUT2D eigenvalue weighted by Crippen LogP contribution is 2.27. The summed E-state index contributed by atoms with van der Waals surface area (Å²) < 4.78 is 28.6. The summed E-state index contributed by atoms with van der Waals surface area (Å²) in [4.78, 5) is 51.5. The average molecular weight is 1200 g/mol. The van der Waals surface area contributed by atoms with Crippen molar-refractivity contribution in [1.29, 1.82) is 0 Å². The van der Waals surface area contributed by atoms with Crippen LogP contribution < -0.4 is 0 Å². The van der Waals surface area contributed by atoms with E-state index in [4.69, 9.17) is 23.7 Å². The zero-order valence-corrected chi connectivity index (χ0v) is 54.3. The molecule has 0 aliphatic carbocycles. The molecule has 3 N–H and O–H groups in total. The monoisotopic (exact) mass is 1190 g/mol. The number of allylic oxidation sites excluding steroid dienone is 12. The van der Waals surface area contributed by atoms with E-state index >= 15 is 0 Å². The van der Waals surface area contributed by atoms with E-state index in [-0.39, 0.29) is 25.9 Å². The van der Waals surface area contributed by atoms with Crippen LogP contribution in [0.2, 0.25) is 0 Å². The molecular weight excluding hydrogens is 1070 g/mol. The first-order chi connectivity index (χ1) is 41.6. The van der Waals surface area contributed by atoms with Crippen LogP contribution in [0.4, 0.5) is 0 Å². The molecule has 1 fully saturated rings. The van der Waals surface area contributed by atoms with Crippen molar-refractivity contribution in [1.82, 2.24) is 0 Å². The molecule has 6 atom stereocenters. The second kappa shape index (κ2) is 60.4. The molecule has 0 bridgehead atoms. The molecule has 0 spiro atoms. The predicted octanol–water partition coefficient (Wildman–Crippen LogP) is 19.2. The van der Waals surface area contributed by atoms with Gasteiger partial charge in [-0.3, -0.25) is 14.4 Å². The number of hydrogen-bond donors (Lipinski definition) is 3. The van der Waals surface area contributed by atoms with Gasteiger partial charge in [0, 0.05) is 19.3 Å². The molecule has 1 aliphatic rings. The Labute approximate surface area is 518 Å². The van der Waals surface area contributed by atoms with Crippen molar-refractivity contribution in [3.63, 3.8) is 0 Å². The number of carboxylic acid groups (broad SMARTS) is 1. The number of hydrogen-bond acceptors (Lipinski definition) is 11. The first-order valence-corrected chi connectivity index (χ1v) is 34.9. The summed E-state index contributed by atoms with van der Waals surface area (Å²) in [5, 5.41) is 31.7. The molecule has 1 saturated heterocycles. The van der Waals surface area contributed by atoms with Crippen molar-refractivity contribution in [3.05, 3.63) is 72.9 Å². The number of carbonyl (C=O) groups excluding carboxylic acids is 3. The first-order valence-electron chi connectivity index (χ1n) is 34.9. The topological polar surface area (TPSA) is 175 Å². The lowest BCUT2D eigenvalue weighted by molar-refractivity contribution is -0.301. The second-order valence-electron chi connectivity index (χ2n) is 23.8. The molecule has 12 nitrogen and oxygen atoms in total. The molecule has 1 rings (SSSR count). The summed E-state index contributed by atoms with van der Waals surface area (Å²) in [5.74, 6) is -3.13. The molecule has 0 radical (unpaired) electrons. The number of carboxylic acids is 1. The Morgan fingerprint density at radius 1 is 0.388 bits per heavy atom. The van der Waals surface area contributed by atoms with Crippen molar-refractivity contribution < 1.29 is 58.2 Å². The van der Waals surface area contributed by atoms with Crippen LogP contribution in [-0.2, 0) is 42.9 Å². The van der Waals surface area contributed by atoms with Crippen LogP contribution in [0.5, 0.6) is 0 Å². The number of unbranched alkanes of at least 4 members (excludes halogenated alkanes) is 34. The van der Waals surface area contributed by atoms with Crippen LogP contribution in [0.15, 0.2) is 72.9 Å². The lowest BCUT2D eigenvalue weighted by Gasteiger charge is -2.40. The summed E-state index contributed by atoms with van der Waals surface area (Å²) in [7, 11) is 0. The number of esters is 3. The maximum Gasteiger partial charge on any atom is 0.335 e. The highest BCUT2D eigenvalue weighted by atomic mass is 16.7. The first kappa shape index (κ1) is 79.2. The predicted molar refractivity (Wildman–Crippen MR) is 349 cm³/mol. The molecule has 0 saturated carbocycles. The number of carbonyl (C=O) groups is 4. The van der Waals surface area contributed by atoms with E-state index in [9.17, 15) is 34.5 Å². The average Bonchev–Trinajstić information content (AvgIpc) is 3.46. The fraction of sp³-hybridized carbons (Fsp3) is 0.781. The van der Waals surface area contributed by atoms with Gasteiger partial charge in [-0.2, -0.15) is 0 Å². The van der Waals surface area contributed by atoms with Gasteiger partial charge in [-0.05, 0) is 96.3 Å². The third kappa shape index (κ3) is 49.8. The molecule has 1 heterocycles. The highest BCUT2D eigenvalue weighted by Gasteiger charge is 2.50. The summed E-state index contributed by atoms with van der Waals surface area (Å²) in [6.45, 7) is 5.97. The normalized spacial score (nSPS) is 17.9. The Morgan fingerprint density at radius 2 is 0.706 bits per heavy atom. The van der Waals surface area contributed by atoms with Crippen LogP contribution in [0.25, 0.3) is 0 Å². The smallest absolute Gasteiger partial charge is 0.335 e. The van der Waals surface area contributed by atoms with Gasteiger partial charge in [0.1, 0.15) is 18.8 Å². The zero-order chi connectivity index (χ0) is 61.7. The van der Waals surface area contributed by atoms with Gasteiger partial charge in [0.05, 0.1) is 6.61 Å². The van der Waals surface area contributed by atoms with Crippen molar-refractivity contribution in [2.75, 3.05) is 13.2 Å². The lowest BCUT2D eigenvalue weighted by atomic mass is 9.98. The molecule has 0 aromatic rings. The minimum Gasteiger partial charge on any atom is -0.479 e. The van der Waals surface area contributed by atoms with Gasteiger partial charge in [-0.15, -0.1) is 0 Å². The Bertz CT molecular complexity index is 1750. The maximum atomic E-state index is 13.2. The standard InChI is InChI=1S/C73H126O12/c1-4-7-10-13-16-19-22-25-28-31-33-36-38-41-44-47-50-53-56-59-65(74)81-62-64(83-66(75)60-57-54-51-48-45-42-40-37-34-32-29-26-23-20-17-14-11-8-5-2)63-82-73-71(69(78)68(77)70(85-73)72(79)80)84-67(76)61-58-55-52-49-46-43-39-35-30-27-24-21-18-15-12-9-6-3/h16-17,19-20,25-26,28-29,33-34,36-37,64,68-71,73,77-78H,4-15,18,21-24,27,30-32,35,38-63H2,1-3H3,(H,79,80)/b19-16-,20-17-,28-25-,29-26-,36-33-,37-34-. The van der Waals surface area contributed by atoms with Gasteiger partial charge in [-0.25, -0.2) is 4.79 Å². The van der Waals surface area contributed by atoms with Crippen LogP contribution in [0.1, 0.15) is 316 Å². The minimum atomic E-state index is -1.91. The molecule has 490 valence electrons. The van der Waals surface area contributed by atoms with E-state index < -0.39 is 67.3 Å². The lowest BCUT2D eigenvalue weighted by Crippen LogP contribution is -2.61. The van der Waals surface area contributed by atoms with E-state index in [0.717, 1.165) is 128 Å². The molecular formula is C73H126O12. The fourth-order valence-electron chi connectivity index (χ4n) is 10.4. The van der Waals surface area contributed by atoms with Crippen molar-refractivity contribution >= 4 is 23.9 Å². The molecule has 6 unspecified atom stereocenters. The summed E-state index contributed by atoms with van der Waals surface area (Å²) in [6.07, 6.45) is 65.6. The number of rotatable bonds is 60. The fourth-order valence-corrected chi connectivity index (χ4v) is 10.4. The Morgan fingerprint density at radius 3 is 1.09 bits per heavy atom. The van der Waals surface area contributed by atoms with Gasteiger partial charge in [0.2, 0.25) is 0 Å². The van der Waals surface area contributed by atoms with E-state index in [1.54, 1.807) is 0 Å². The van der Waals surface area contributed by atoms with Gasteiger partial charge < -0.3 is 39.0 Å². The Kier molecular flexibility index (Phi) is 56.3. The summed E-state index contributed by atoms with van der Waals surface area (Å²) >= 11 is 0. The molecule has 1 aliphatic heterocycles. The molecule has 0 aromatic heterocycles. The minimum absolute atomic E-state index is 0.0598. The molecule has 12 heteroatoms. The number of aliphatic hydroxyl groups is 2. The zero-order valence-electron chi connectivity index (χ0n) is 54.3. The van der Waals surface area contributed by atoms with Gasteiger partial charge in [0.15, 0.2) is 24.6 Å². The van der Waals surface area contributed by atoms with Crippen LogP contribution in [-0.4, -0.2) is 89.2 Å². The van der Waals surface area contributed by atoms with E-state index in [1.807, 2.05) is 0 Å². The highest BCUT2D eigenvalue weighted by molar-refractivity contribution is 5.74. The Balaban J connectivity index is 2.66. The maximum absolute atomic E-state index is 13.2. The van der Waals surface area contributed by atoms with Crippen molar-refractivity contribution in [3.8, 4) is 0 Å². The van der Waals surface area contributed by atoms with E-state index in [0.29, 0.717) is 19.3 Å². The van der Waals surface area contributed by atoms with Crippen molar-refractivity contribution in [2.45, 2.75) is 353 Å². The van der Waals surface area contributed by atoms with Gasteiger partial charge in [-0.1, -0.05) is 273 Å².